The highest BCUT2D eigenvalue weighted by Crippen LogP contribution is 2.27. The van der Waals surface area contributed by atoms with Crippen LogP contribution in [0.25, 0.3) is 0 Å². The molecule has 0 saturated heterocycles. The summed E-state index contributed by atoms with van der Waals surface area (Å²) in [6.07, 6.45) is 6.60. The van der Waals surface area contributed by atoms with Crippen LogP contribution in [0.3, 0.4) is 0 Å². The first-order chi connectivity index (χ1) is 9.40. The molecule has 1 saturated carbocycles. The number of H-pyrrole nitrogens is 1. The smallest absolute Gasteiger partial charge is 0.291 e. The Balaban J connectivity index is 1.91. The van der Waals surface area contributed by atoms with Gasteiger partial charge < -0.3 is 5.32 Å². The molecule has 1 aliphatic carbocycles. The number of nitrogens with zero attached hydrogens (tertiary/aromatic N) is 2. The summed E-state index contributed by atoms with van der Waals surface area (Å²) in [5, 5.41) is 10.7. The van der Waals surface area contributed by atoms with Crippen molar-refractivity contribution >= 4 is 17.7 Å². The number of thioether (sulfide) groups is 1. The second-order valence-electron chi connectivity index (χ2n) is 6.44. The first kappa shape index (κ1) is 15.4. The Morgan fingerprint density at radius 3 is 2.45 bits per heavy atom. The maximum atomic E-state index is 12.1. The lowest BCUT2D eigenvalue weighted by atomic mass is 9.95. The van der Waals surface area contributed by atoms with Crippen LogP contribution in [0.1, 0.15) is 62.9 Å². The fourth-order valence-corrected chi connectivity index (χ4v) is 3.14. The van der Waals surface area contributed by atoms with E-state index < -0.39 is 0 Å². The highest BCUT2D eigenvalue weighted by atomic mass is 32.2. The lowest BCUT2D eigenvalue weighted by Gasteiger charge is -2.27. The van der Waals surface area contributed by atoms with Crippen LogP contribution in [0.5, 0.6) is 0 Å². The van der Waals surface area contributed by atoms with Crippen LogP contribution in [-0.4, -0.2) is 38.6 Å². The molecule has 0 unspecified atom stereocenters. The molecule has 0 radical (unpaired) electrons. The molecule has 0 atom stereocenters. The average Bonchev–Trinajstić information content (AvgIpc) is 2.89. The summed E-state index contributed by atoms with van der Waals surface area (Å²) in [6, 6.07) is 0.266. The van der Waals surface area contributed by atoms with Gasteiger partial charge in [-0.25, -0.2) is 4.98 Å². The van der Waals surface area contributed by atoms with Gasteiger partial charge >= 0.3 is 0 Å². The van der Waals surface area contributed by atoms with Gasteiger partial charge in [0.25, 0.3) is 5.91 Å². The summed E-state index contributed by atoms with van der Waals surface area (Å²) in [5.41, 5.74) is -0.123. The minimum absolute atomic E-state index is 0.123. The lowest BCUT2D eigenvalue weighted by Crippen LogP contribution is -2.38. The normalized spacial score (nSPS) is 23.6. The fraction of sp³-hybridized carbons (Fsp3) is 0.786. The number of aromatic nitrogens is 3. The summed E-state index contributed by atoms with van der Waals surface area (Å²) < 4.78 is 0. The number of aromatic amines is 1. The van der Waals surface area contributed by atoms with Gasteiger partial charge in [0, 0.05) is 16.7 Å². The largest absolute Gasteiger partial charge is 0.347 e. The van der Waals surface area contributed by atoms with Gasteiger partial charge in [0.05, 0.1) is 0 Å². The second kappa shape index (κ2) is 6.16. The van der Waals surface area contributed by atoms with Crippen molar-refractivity contribution in [3.05, 3.63) is 11.6 Å². The molecule has 0 aliphatic heterocycles. The van der Waals surface area contributed by atoms with Crippen molar-refractivity contribution in [3.63, 3.8) is 0 Å². The summed E-state index contributed by atoms with van der Waals surface area (Å²) in [7, 11) is 0. The molecule has 5 nitrogen and oxygen atoms in total. The Morgan fingerprint density at radius 2 is 1.95 bits per heavy atom. The zero-order valence-electron chi connectivity index (χ0n) is 12.7. The van der Waals surface area contributed by atoms with Crippen molar-refractivity contribution in [2.24, 2.45) is 0 Å². The Bertz CT molecular complexity index is 458. The van der Waals surface area contributed by atoms with Crippen LogP contribution >= 0.6 is 11.8 Å². The molecule has 1 aliphatic rings. The minimum Gasteiger partial charge on any atom is -0.347 e. The molecule has 0 spiro atoms. The van der Waals surface area contributed by atoms with Gasteiger partial charge in [0.2, 0.25) is 5.82 Å². The molecule has 6 heteroatoms. The zero-order chi connectivity index (χ0) is 14.8. The van der Waals surface area contributed by atoms with E-state index in [0.29, 0.717) is 0 Å². The Labute approximate surface area is 124 Å². The van der Waals surface area contributed by atoms with Gasteiger partial charge in [0.1, 0.15) is 5.82 Å². The van der Waals surface area contributed by atoms with Crippen molar-refractivity contribution in [2.45, 2.75) is 63.2 Å². The molecule has 2 N–H and O–H groups in total. The van der Waals surface area contributed by atoms with Crippen molar-refractivity contribution < 1.29 is 4.79 Å². The Kier molecular flexibility index (Phi) is 4.73. The van der Waals surface area contributed by atoms with E-state index >= 15 is 0 Å². The maximum Gasteiger partial charge on any atom is 0.291 e. The number of rotatable bonds is 3. The van der Waals surface area contributed by atoms with Crippen molar-refractivity contribution in [3.8, 4) is 0 Å². The SMILES string of the molecule is CSC1CCC(NC(=O)c2n[nH]c(C(C)(C)C)n2)CC1. The van der Waals surface area contributed by atoms with Gasteiger partial charge in [-0.1, -0.05) is 20.8 Å². The zero-order valence-corrected chi connectivity index (χ0v) is 13.5. The Hall–Kier alpha value is -1.04. The molecule has 112 valence electrons. The lowest BCUT2D eigenvalue weighted by molar-refractivity contribution is 0.0918. The van der Waals surface area contributed by atoms with Gasteiger partial charge in [-0.15, -0.1) is 5.10 Å². The topological polar surface area (TPSA) is 70.7 Å². The highest BCUT2D eigenvalue weighted by Gasteiger charge is 2.25. The van der Waals surface area contributed by atoms with E-state index in [1.165, 1.54) is 12.8 Å². The molecular formula is C14H24N4OS. The molecule has 20 heavy (non-hydrogen) atoms. The molecule has 1 fully saturated rings. The number of carbonyl (C=O) groups excluding carboxylic acids is 1. The van der Waals surface area contributed by atoms with Gasteiger partial charge in [0.15, 0.2) is 0 Å². The average molecular weight is 296 g/mol. The van der Waals surface area contributed by atoms with E-state index in [1.807, 2.05) is 32.5 Å². The molecule has 1 amide bonds. The molecular weight excluding hydrogens is 272 g/mol. The maximum absolute atomic E-state index is 12.1. The third kappa shape index (κ3) is 3.75. The van der Waals surface area contributed by atoms with Gasteiger partial charge in [-0.3, -0.25) is 9.89 Å². The van der Waals surface area contributed by atoms with Crippen LogP contribution in [-0.2, 0) is 5.41 Å². The molecule has 1 heterocycles. The number of nitrogens with one attached hydrogen (secondary N) is 2. The van der Waals surface area contributed by atoms with E-state index in [0.717, 1.165) is 23.9 Å². The number of carbonyl (C=O) groups is 1. The second-order valence-corrected chi connectivity index (χ2v) is 7.58. The van der Waals surface area contributed by atoms with Crippen LogP contribution in [0, 0.1) is 0 Å². The molecule has 1 aromatic heterocycles. The Morgan fingerprint density at radius 1 is 1.30 bits per heavy atom. The third-order valence-corrected chi connectivity index (χ3v) is 4.88. The molecule has 1 aromatic rings. The van der Waals surface area contributed by atoms with E-state index in [9.17, 15) is 4.79 Å². The summed E-state index contributed by atoms with van der Waals surface area (Å²) in [5.74, 6) is 0.833. The standard InChI is InChI=1S/C14H24N4OS/c1-14(2,3)13-16-11(17-18-13)12(19)15-9-5-7-10(20-4)8-6-9/h9-10H,5-8H2,1-4H3,(H,15,19)(H,16,17,18). The van der Waals surface area contributed by atoms with Crippen molar-refractivity contribution in [1.29, 1.82) is 0 Å². The van der Waals surface area contributed by atoms with E-state index in [1.54, 1.807) is 0 Å². The summed E-state index contributed by atoms with van der Waals surface area (Å²) in [4.78, 5) is 16.4. The first-order valence-corrected chi connectivity index (χ1v) is 8.45. The fourth-order valence-electron chi connectivity index (χ4n) is 2.39. The third-order valence-electron chi connectivity index (χ3n) is 3.74. The number of hydrogen-bond acceptors (Lipinski definition) is 4. The van der Waals surface area contributed by atoms with Crippen LogP contribution in [0.4, 0.5) is 0 Å². The van der Waals surface area contributed by atoms with Crippen LogP contribution in [0.15, 0.2) is 0 Å². The predicted octanol–water partition coefficient (Wildman–Crippen LogP) is 2.51. The van der Waals surface area contributed by atoms with Crippen molar-refractivity contribution in [2.75, 3.05) is 6.26 Å². The molecule has 0 aromatic carbocycles. The number of amides is 1. The van der Waals surface area contributed by atoms with Crippen LogP contribution < -0.4 is 5.32 Å². The summed E-state index contributed by atoms with van der Waals surface area (Å²) >= 11 is 1.93. The highest BCUT2D eigenvalue weighted by molar-refractivity contribution is 7.99. The first-order valence-electron chi connectivity index (χ1n) is 7.16. The molecule has 2 rings (SSSR count). The van der Waals surface area contributed by atoms with E-state index in [2.05, 4.69) is 26.8 Å². The monoisotopic (exact) mass is 296 g/mol. The predicted molar refractivity (Wildman–Crippen MR) is 82.1 cm³/mol. The van der Waals surface area contributed by atoms with Crippen molar-refractivity contribution in [1.82, 2.24) is 20.5 Å². The summed E-state index contributed by atoms with van der Waals surface area (Å²) in [6.45, 7) is 6.12. The van der Waals surface area contributed by atoms with E-state index in [-0.39, 0.29) is 23.2 Å². The molecule has 0 bridgehead atoms. The minimum atomic E-state index is -0.163. The van der Waals surface area contributed by atoms with Gasteiger partial charge in [-0.2, -0.15) is 11.8 Å². The quantitative estimate of drug-likeness (QED) is 0.899. The van der Waals surface area contributed by atoms with E-state index in [4.69, 9.17) is 0 Å². The van der Waals surface area contributed by atoms with Gasteiger partial charge in [-0.05, 0) is 31.9 Å². The number of hydrogen-bond donors (Lipinski definition) is 2. The van der Waals surface area contributed by atoms with Crippen LogP contribution in [0.2, 0.25) is 0 Å².